The summed E-state index contributed by atoms with van der Waals surface area (Å²) in [4.78, 5) is 52.8. The van der Waals surface area contributed by atoms with Crippen LogP contribution in [0.15, 0.2) is 60.2 Å². The summed E-state index contributed by atoms with van der Waals surface area (Å²) in [6, 6.07) is 15.0. The lowest BCUT2D eigenvalue weighted by molar-refractivity contribution is -0.128. The topological polar surface area (TPSA) is 88.9 Å². The molecule has 8 nitrogen and oxygen atoms in total. The molecular weight excluding hydrogens is 446 g/mol. The monoisotopic (exact) mass is 471 g/mol. The molecule has 0 radical (unpaired) electrons. The standard InChI is InChI=1S/C27H25N3O5/c1-16-13-19(26(33)35-5)11-12-23(16)29-17(2)14-20(18(29)3)15-22-24(31)28(4)27(34)30(25(22)32)21-9-7-6-8-10-21/h6-15H,1-5H3/b22-15+. The molecule has 1 fully saturated rings. The predicted molar refractivity (Wildman–Crippen MR) is 131 cm³/mol. The minimum absolute atomic E-state index is 0.103. The van der Waals surface area contributed by atoms with E-state index in [4.69, 9.17) is 4.74 Å². The highest BCUT2D eigenvalue weighted by Gasteiger charge is 2.41. The fraction of sp³-hybridized carbons (Fsp3) is 0.185. The number of carbonyl (C=O) groups is 4. The van der Waals surface area contributed by atoms with Gasteiger partial charge in [0.2, 0.25) is 0 Å². The lowest BCUT2D eigenvalue weighted by atomic mass is 10.1. The highest BCUT2D eigenvalue weighted by atomic mass is 16.5. The van der Waals surface area contributed by atoms with Gasteiger partial charge in [-0.05, 0) is 74.4 Å². The number of aromatic nitrogens is 1. The maximum Gasteiger partial charge on any atom is 0.338 e. The number of barbiturate groups is 1. The molecule has 0 aliphatic carbocycles. The van der Waals surface area contributed by atoms with Crippen molar-refractivity contribution in [2.75, 3.05) is 19.1 Å². The summed E-state index contributed by atoms with van der Waals surface area (Å²) in [7, 11) is 2.69. The van der Waals surface area contributed by atoms with Crippen LogP contribution in [0.4, 0.5) is 10.5 Å². The third-order valence-corrected chi connectivity index (χ3v) is 6.09. The third kappa shape index (κ3) is 4.03. The number of likely N-dealkylation sites (N-methyl/N-ethyl adjacent to an activating group) is 1. The molecule has 1 aliphatic rings. The SMILES string of the molecule is COC(=O)c1ccc(-n2c(C)cc(/C=C3\C(=O)N(C)C(=O)N(c4ccccc4)C3=O)c2C)c(C)c1. The Bertz CT molecular complexity index is 1400. The largest absolute Gasteiger partial charge is 0.465 e. The Kier molecular flexibility index (Phi) is 6.13. The van der Waals surface area contributed by atoms with Gasteiger partial charge in [-0.25, -0.2) is 14.5 Å². The van der Waals surface area contributed by atoms with E-state index in [-0.39, 0.29) is 5.57 Å². The fourth-order valence-corrected chi connectivity index (χ4v) is 4.26. The minimum atomic E-state index is -0.699. The lowest BCUT2D eigenvalue weighted by Crippen LogP contribution is -2.55. The van der Waals surface area contributed by atoms with Crippen molar-refractivity contribution in [3.63, 3.8) is 0 Å². The van der Waals surface area contributed by atoms with E-state index < -0.39 is 23.8 Å². The number of imide groups is 2. The van der Waals surface area contributed by atoms with Crippen molar-refractivity contribution in [1.82, 2.24) is 9.47 Å². The number of rotatable bonds is 4. The molecule has 35 heavy (non-hydrogen) atoms. The van der Waals surface area contributed by atoms with Crippen LogP contribution in [0, 0.1) is 20.8 Å². The molecule has 178 valence electrons. The maximum atomic E-state index is 13.3. The van der Waals surface area contributed by atoms with Crippen molar-refractivity contribution in [2.24, 2.45) is 0 Å². The Morgan fingerprint density at radius 1 is 0.914 bits per heavy atom. The van der Waals surface area contributed by atoms with Crippen LogP contribution < -0.4 is 4.90 Å². The Labute approximate surface area is 203 Å². The number of para-hydroxylation sites is 1. The number of nitrogens with zero attached hydrogens (tertiary/aromatic N) is 3. The van der Waals surface area contributed by atoms with Crippen LogP contribution >= 0.6 is 0 Å². The zero-order chi connectivity index (χ0) is 25.4. The van der Waals surface area contributed by atoms with Crippen LogP contribution in [0.3, 0.4) is 0 Å². The molecule has 0 atom stereocenters. The molecule has 1 aliphatic heterocycles. The van der Waals surface area contributed by atoms with Crippen molar-refractivity contribution >= 4 is 35.6 Å². The van der Waals surface area contributed by atoms with E-state index in [0.717, 1.165) is 32.4 Å². The summed E-state index contributed by atoms with van der Waals surface area (Å²) < 4.78 is 6.79. The summed E-state index contributed by atoms with van der Waals surface area (Å²) in [5.74, 6) is -1.75. The van der Waals surface area contributed by atoms with Gasteiger partial charge >= 0.3 is 12.0 Å². The Hall–Kier alpha value is -4.46. The van der Waals surface area contributed by atoms with Gasteiger partial charge in [-0.2, -0.15) is 0 Å². The first-order valence-corrected chi connectivity index (χ1v) is 11.0. The van der Waals surface area contributed by atoms with E-state index in [9.17, 15) is 19.2 Å². The van der Waals surface area contributed by atoms with Crippen LogP contribution in [0.1, 0.15) is 32.9 Å². The highest BCUT2D eigenvalue weighted by molar-refractivity contribution is 6.39. The zero-order valence-electron chi connectivity index (χ0n) is 20.2. The Morgan fingerprint density at radius 3 is 2.23 bits per heavy atom. The molecule has 0 bridgehead atoms. The average Bonchev–Trinajstić information content (AvgIpc) is 3.13. The molecular formula is C27H25N3O5. The Morgan fingerprint density at radius 2 is 1.60 bits per heavy atom. The van der Waals surface area contributed by atoms with E-state index in [0.29, 0.717) is 16.8 Å². The number of hydrogen-bond donors (Lipinski definition) is 0. The summed E-state index contributed by atoms with van der Waals surface area (Å²) in [5.41, 5.74) is 4.81. The van der Waals surface area contributed by atoms with Crippen LogP contribution in [-0.4, -0.2) is 47.4 Å². The number of aryl methyl sites for hydroxylation is 2. The van der Waals surface area contributed by atoms with Gasteiger partial charge in [-0.3, -0.25) is 14.5 Å². The van der Waals surface area contributed by atoms with Gasteiger partial charge in [0, 0.05) is 24.1 Å². The number of hydrogen-bond acceptors (Lipinski definition) is 5. The number of methoxy groups -OCH3 is 1. The van der Waals surface area contributed by atoms with Crippen LogP contribution in [0.5, 0.6) is 0 Å². The molecule has 3 aromatic rings. The summed E-state index contributed by atoms with van der Waals surface area (Å²) >= 11 is 0. The number of anilines is 1. The molecule has 0 saturated carbocycles. The van der Waals surface area contributed by atoms with Gasteiger partial charge in [-0.15, -0.1) is 0 Å². The number of carbonyl (C=O) groups excluding carboxylic acids is 4. The fourth-order valence-electron chi connectivity index (χ4n) is 4.26. The number of benzene rings is 2. The summed E-state index contributed by atoms with van der Waals surface area (Å²) in [6.45, 7) is 5.69. The number of ether oxygens (including phenoxy) is 1. The van der Waals surface area contributed by atoms with Crippen molar-refractivity contribution in [3.05, 3.63) is 88.2 Å². The Balaban J connectivity index is 1.78. The van der Waals surface area contributed by atoms with E-state index in [2.05, 4.69) is 0 Å². The van der Waals surface area contributed by atoms with Crippen LogP contribution in [0.25, 0.3) is 11.8 Å². The van der Waals surface area contributed by atoms with Gasteiger partial charge < -0.3 is 9.30 Å². The molecule has 1 aromatic heterocycles. The average molecular weight is 472 g/mol. The quantitative estimate of drug-likeness (QED) is 0.323. The van der Waals surface area contributed by atoms with E-state index in [1.165, 1.54) is 20.2 Å². The second kappa shape index (κ2) is 9.06. The molecule has 2 heterocycles. The first-order chi connectivity index (χ1) is 16.6. The number of esters is 1. The second-order valence-electron chi connectivity index (χ2n) is 8.34. The smallest absolute Gasteiger partial charge is 0.338 e. The maximum absolute atomic E-state index is 13.3. The van der Waals surface area contributed by atoms with Crippen molar-refractivity contribution in [2.45, 2.75) is 20.8 Å². The first kappa shape index (κ1) is 23.7. The zero-order valence-corrected chi connectivity index (χ0v) is 20.2. The molecule has 4 rings (SSSR count). The molecule has 0 unspecified atom stereocenters. The van der Waals surface area contributed by atoms with Crippen molar-refractivity contribution < 1.29 is 23.9 Å². The van der Waals surface area contributed by atoms with Gasteiger partial charge in [0.1, 0.15) is 5.57 Å². The van der Waals surface area contributed by atoms with E-state index >= 15 is 0 Å². The van der Waals surface area contributed by atoms with Gasteiger partial charge in [-0.1, -0.05) is 18.2 Å². The lowest BCUT2D eigenvalue weighted by Gasteiger charge is -2.31. The normalized spacial score (nSPS) is 15.2. The first-order valence-electron chi connectivity index (χ1n) is 11.0. The molecule has 0 spiro atoms. The van der Waals surface area contributed by atoms with E-state index in [1.807, 2.05) is 37.5 Å². The van der Waals surface area contributed by atoms with Crippen molar-refractivity contribution in [1.29, 1.82) is 0 Å². The van der Waals surface area contributed by atoms with Crippen LogP contribution in [-0.2, 0) is 14.3 Å². The second-order valence-corrected chi connectivity index (χ2v) is 8.34. The third-order valence-electron chi connectivity index (χ3n) is 6.09. The van der Waals surface area contributed by atoms with E-state index in [1.54, 1.807) is 42.5 Å². The van der Waals surface area contributed by atoms with Crippen LogP contribution in [0.2, 0.25) is 0 Å². The van der Waals surface area contributed by atoms with Gasteiger partial charge in [0.05, 0.1) is 18.4 Å². The van der Waals surface area contributed by atoms with Gasteiger partial charge in [0.25, 0.3) is 11.8 Å². The molecule has 8 heteroatoms. The summed E-state index contributed by atoms with van der Waals surface area (Å²) in [6.07, 6.45) is 1.53. The number of amides is 4. The minimum Gasteiger partial charge on any atom is -0.465 e. The molecule has 0 N–H and O–H groups in total. The molecule has 4 amide bonds. The summed E-state index contributed by atoms with van der Waals surface area (Å²) in [5, 5.41) is 0. The van der Waals surface area contributed by atoms with Gasteiger partial charge in [0.15, 0.2) is 0 Å². The number of urea groups is 1. The molecule has 2 aromatic carbocycles. The molecule has 1 saturated heterocycles. The van der Waals surface area contributed by atoms with Crippen molar-refractivity contribution in [3.8, 4) is 5.69 Å². The predicted octanol–water partition coefficient (Wildman–Crippen LogP) is 4.20. The highest BCUT2D eigenvalue weighted by Crippen LogP contribution is 2.29.